The summed E-state index contributed by atoms with van der Waals surface area (Å²) in [5.41, 5.74) is 7.83. The van der Waals surface area contributed by atoms with Gasteiger partial charge in [0.05, 0.1) is 18.9 Å². The predicted molar refractivity (Wildman–Crippen MR) is 102 cm³/mol. The lowest BCUT2D eigenvalue weighted by Crippen LogP contribution is -2.13. The molecule has 2 atom stereocenters. The Morgan fingerprint density at radius 2 is 1.71 bits per heavy atom. The Morgan fingerprint density at radius 3 is 2.21 bits per heavy atom. The number of methoxy groups -OCH3 is 1. The van der Waals surface area contributed by atoms with Crippen LogP contribution < -0.4 is 10.5 Å². The van der Waals surface area contributed by atoms with E-state index in [4.69, 9.17) is 10.5 Å². The molecular weight excluding hydrogens is 367 g/mol. The maximum Gasteiger partial charge on any atom is 0.416 e. The average molecular weight is 389 g/mol. The molecule has 3 N–H and O–H groups in total. The molecule has 0 saturated heterocycles. The fourth-order valence-electron chi connectivity index (χ4n) is 3.32. The van der Waals surface area contributed by atoms with Crippen LogP contribution in [0.5, 0.6) is 5.75 Å². The average Bonchev–Trinajstić information content (AvgIpc) is 3.12. The summed E-state index contributed by atoms with van der Waals surface area (Å²) in [6, 6.07) is 13.0. The van der Waals surface area contributed by atoms with E-state index in [2.05, 4.69) is 9.97 Å². The molecule has 0 aliphatic heterocycles. The molecule has 1 aromatic heterocycles. The lowest BCUT2D eigenvalue weighted by atomic mass is 9.81. The van der Waals surface area contributed by atoms with Gasteiger partial charge in [-0.25, -0.2) is 4.98 Å². The number of anilines is 1. The number of nitrogens with two attached hydrogens (primary N) is 1. The van der Waals surface area contributed by atoms with Crippen molar-refractivity contribution in [2.45, 2.75) is 31.4 Å². The number of aromatic amines is 1. The van der Waals surface area contributed by atoms with Gasteiger partial charge in [-0.05, 0) is 47.7 Å². The van der Waals surface area contributed by atoms with Crippen LogP contribution in [0, 0.1) is 0 Å². The zero-order chi connectivity index (χ0) is 20.3. The van der Waals surface area contributed by atoms with Crippen LogP contribution in [0.2, 0.25) is 0 Å². The maximum absolute atomic E-state index is 12.8. The zero-order valence-electron chi connectivity index (χ0n) is 15.6. The van der Waals surface area contributed by atoms with E-state index < -0.39 is 11.7 Å². The second kappa shape index (κ2) is 7.96. The van der Waals surface area contributed by atoms with Crippen molar-refractivity contribution >= 4 is 5.95 Å². The van der Waals surface area contributed by atoms with Crippen molar-refractivity contribution in [1.29, 1.82) is 0 Å². The molecule has 7 heteroatoms. The van der Waals surface area contributed by atoms with Gasteiger partial charge < -0.3 is 15.5 Å². The third-order valence-electron chi connectivity index (χ3n) is 4.99. The van der Waals surface area contributed by atoms with Crippen molar-refractivity contribution < 1.29 is 17.9 Å². The van der Waals surface area contributed by atoms with E-state index in [1.165, 1.54) is 12.1 Å². The molecular formula is C21H22F3N3O. The number of nitrogen functional groups attached to an aromatic ring is 1. The molecule has 0 amide bonds. The first kappa shape index (κ1) is 19.8. The van der Waals surface area contributed by atoms with Gasteiger partial charge in [0.2, 0.25) is 0 Å². The minimum absolute atomic E-state index is 0.0162. The van der Waals surface area contributed by atoms with Crippen molar-refractivity contribution in [2.24, 2.45) is 0 Å². The molecule has 2 unspecified atom stereocenters. The number of aromatic nitrogens is 2. The highest BCUT2D eigenvalue weighted by molar-refractivity contribution is 5.34. The van der Waals surface area contributed by atoms with Crippen molar-refractivity contribution in [3.05, 3.63) is 77.1 Å². The standard InChI is InChI=1S/C21H22F3N3O/c1-13(19-12-26-20(25)27-19)18(15-5-9-17(28-2)10-6-15)11-14-3-7-16(8-4-14)21(22,23)24/h3-10,12-13,18H,11H2,1-2H3,(H3,25,26,27). The number of alkyl halides is 3. The van der Waals surface area contributed by atoms with E-state index in [-0.39, 0.29) is 11.8 Å². The molecule has 0 bridgehead atoms. The topological polar surface area (TPSA) is 63.9 Å². The molecule has 3 rings (SSSR count). The number of nitrogens with zero attached hydrogens (tertiary/aromatic N) is 1. The van der Waals surface area contributed by atoms with E-state index in [0.29, 0.717) is 12.4 Å². The Morgan fingerprint density at radius 1 is 1.07 bits per heavy atom. The van der Waals surface area contributed by atoms with Gasteiger partial charge in [0, 0.05) is 11.6 Å². The normalized spacial score (nSPS) is 13.9. The minimum Gasteiger partial charge on any atom is -0.497 e. The lowest BCUT2D eigenvalue weighted by molar-refractivity contribution is -0.137. The fraction of sp³-hybridized carbons (Fsp3) is 0.286. The molecule has 0 aliphatic carbocycles. The number of imidazole rings is 1. The molecule has 0 radical (unpaired) electrons. The van der Waals surface area contributed by atoms with Gasteiger partial charge in [0.25, 0.3) is 0 Å². The summed E-state index contributed by atoms with van der Waals surface area (Å²) in [6.45, 7) is 2.05. The van der Waals surface area contributed by atoms with Crippen LogP contribution in [-0.2, 0) is 12.6 Å². The second-order valence-corrected chi connectivity index (χ2v) is 6.79. The maximum atomic E-state index is 12.8. The number of halogens is 3. The van der Waals surface area contributed by atoms with Crippen LogP contribution in [-0.4, -0.2) is 17.1 Å². The fourth-order valence-corrected chi connectivity index (χ4v) is 3.32. The van der Waals surface area contributed by atoms with Crippen molar-refractivity contribution in [1.82, 2.24) is 9.97 Å². The summed E-state index contributed by atoms with van der Waals surface area (Å²) in [5, 5.41) is 0. The van der Waals surface area contributed by atoms with E-state index in [9.17, 15) is 13.2 Å². The van der Waals surface area contributed by atoms with Crippen LogP contribution in [0.25, 0.3) is 0 Å². The van der Waals surface area contributed by atoms with Gasteiger partial charge in [0.15, 0.2) is 5.95 Å². The van der Waals surface area contributed by atoms with Crippen LogP contribution in [0.15, 0.2) is 54.7 Å². The van der Waals surface area contributed by atoms with Gasteiger partial charge in [-0.1, -0.05) is 31.2 Å². The Labute approximate surface area is 161 Å². The zero-order valence-corrected chi connectivity index (χ0v) is 15.6. The Balaban J connectivity index is 1.91. The summed E-state index contributed by atoms with van der Waals surface area (Å²) < 4.78 is 43.7. The SMILES string of the molecule is COc1ccc(C(Cc2ccc(C(F)(F)F)cc2)C(C)c2cnc(N)[nH]2)cc1. The highest BCUT2D eigenvalue weighted by Gasteiger charge is 2.30. The summed E-state index contributed by atoms with van der Waals surface area (Å²) in [4.78, 5) is 7.12. The first-order chi connectivity index (χ1) is 13.3. The quantitative estimate of drug-likeness (QED) is 0.613. The monoisotopic (exact) mass is 389 g/mol. The Hall–Kier alpha value is -2.96. The Kier molecular flexibility index (Phi) is 5.63. The highest BCUT2D eigenvalue weighted by atomic mass is 19.4. The predicted octanol–water partition coefficient (Wildman–Crippen LogP) is 5.15. The van der Waals surface area contributed by atoms with E-state index in [1.54, 1.807) is 13.3 Å². The summed E-state index contributed by atoms with van der Waals surface area (Å²) in [5.74, 6) is 1.13. The number of benzene rings is 2. The van der Waals surface area contributed by atoms with Gasteiger partial charge in [-0.2, -0.15) is 13.2 Å². The van der Waals surface area contributed by atoms with Crippen LogP contribution in [0.3, 0.4) is 0 Å². The smallest absolute Gasteiger partial charge is 0.416 e. The van der Waals surface area contributed by atoms with Crippen molar-refractivity contribution in [2.75, 3.05) is 12.8 Å². The molecule has 0 saturated carbocycles. The number of H-pyrrole nitrogens is 1. The first-order valence-electron chi connectivity index (χ1n) is 8.88. The summed E-state index contributed by atoms with van der Waals surface area (Å²) >= 11 is 0. The van der Waals surface area contributed by atoms with Gasteiger partial charge in [-0.15, -0.1) is 0 Å². The van der Waals surface area contributed by atoms with E-state index in [1.807, 2.05) is 31.2 Å². The summed E-state index contributed by atoms with van der Waals surface area (Å²) in [6.07, 6.45) is -2.07. The van der Waals surface area contributed by atoms with Crippen LogP contribution >= 0.6 is 0 Å². The molecule has 148 valence electrons. The molecule has 4 nitrogen and oxygen atoms in total. The molecule has 28 heavy (non-hydrogen) atoms. The van der Waals surface area contributed by atoms with Gasteiger partial charge >= 0.3 is 6.18 Å². The van der Waals surface area contributed by atoms with E-state index >= 15 is 0 Å². The largest absolute Gasteiger partial charge is 0.497 e. The minimum atomic E-state index is -4.34. The van der Waals surface area contributed by atoms with Crippen LogP contribution in [0.1, 0.15) is 41.1 Å². The summed E-state index contributed by atoms with van der Waals surface area (Å²) in [7, 11) is 1.60. The molecule has 1 heterocycles. The van der Waals surface area contributed by atoms with Gasteiger partial charge in [0.1, 0.15) is 5.75 Å². The number of hydrogen-bond acceptors (Lipinski definition) is 3. The second-order valence-electron chi connectivity index (χ2n) is 6.79. The van der Waals surface area contributed by atoms with E-state index in [0.717, 1.165) is 34.7 Å². The van der Waals surface area contributed by atoms with Crippen LogP contribution in [0.4, 0.5) is 19.1 Å². The number of nitrogens with one attached hydrogen (secondary N) is 1. The first-order valence-corrected chi connectivity index (χ1v) is 8.88. The molecule has 0 aliphatic rings. The third-order valence-corrected chi connectivity index (χ3v) is 4.99. The number of rotatable bonds is 6. The van der Waals surface area contributed by atoms with Gasteiger partial charge in [-0.3, -0.25) is 0 Å². The molecule has 0 spiro atoms. The number of hydrogen-bond donors (Lipinski definition) is 2. The van der Waals surface area contributed by atoms with Crippen molar-refractivity contribution in [3.8, 4) is 5.75 Å². The van der Waals surface area contributed by atoms with Crippen molar-refractivity contribution in [3.63, 3.8) is 0 Å². The molecule has 2 aromatic carbocycles. The lowest BCUT2D eigenvalue weighted by Gasteiger charge is -2.24. The third kappa shape index (κ3) is 4.47. The molecule has 0 fully saturated rings. The molecule has 3 aromatic rings. The number of ether oxygens (including phenoxy) is 1. The highest BCUT2D eigenvalue weighted by Crippen LogP contribution is 2.36. The Bertz CT molecular complexity index is 902.